The van der Waals surface area contributed by atoms with Gasteiger partial charge in [-0.1, -0.05) is 6.92 Å². The highest BCUT2D eigenvalue weighted by Gasteiger charge is 2.43. The fourth-order valence-electron chi connectivity index (χ4n) is 2.66. The Hall–Kier alpha value is -2.05. The van der Waals surface area contributed by atoms with Gasteiger partial charge in [-0.05, 0) is 31.6 Å². The number of urea groups is 1. The molecule has 0 aromatic carbocycles. The number of carbonyl (C=O) groups is 2. The first-order valence-corrected chi connectivity index (χ1v) is 7.17. The van der Waals surface area contributed by atoms with Crippen molar-refractivity contribution >= 4 is 12.0 Å². The van der Waals surface area contributed by atoms with Crippen molar-refractivity contribution in [2.45, 2.75) is 44.7 Å². The monoisotopic (exact) mass is 294 g/mol. The maximum absolute atomic E-state index is 12.2. The fraction of sp³-hybridized carbons (Fsp3) is 0.643. The first-order chi connectivity index (χ1) is 9.93. The third kappa shape index (κ3) is 3.53. The molecule has 1 heterocycles. The second-order valence-corrected chi connectivity index (χ2v) is 5.96. The summed E-state index contributed by atoms with van der Waals surface area (Å²) in [6.07, 6.45) is 5.94. The first-order valence-electron chi connectivity index (χ1n) is 7.17. The zero-order chi connectivity index (χ0) is 15.5. The highest BCUT2D eigenvalue weighted by molar-refractivity contribution is 5.86. The molecular weight excluding hydrogens is 272 g/mol. The van der Waals surface area contributed by atoms with E-state index in [1.807, 2.05) is 0 Å². The minimum Gasteiger partial charge on any atom is -0.480 e. The number of nitrogens with one attached hydrogen (secondary N) is 2. The zero-order valence-electron chi connectivity index (χ0n) is 12.4. The molecule has 7 nitrogen and oxygen atoms in total. The van der Waals surface area contributed by atoms with Crippen LogP contribution in [0.15, 0.2) is 12.4 Å². The molecule has 7 heteroatoms. The van der Waals surface area contributed by atoms with Gasteiger partial charge in [0.1, 0.15) is 5.54 Å². The molecule has 2 rings (SSSR count). The first kappa shape index (κ1) is 15.3. The minimum atomic E-state index is -1.13. The Morgan fingerprint density at radius 2 is 2.19 bits per heavy atom. The van der Waals surface area contributed by atoms with Gasteiger partial charge in [0.25, 0.3) is 0 Å². The van der Waals surface area contributed by atoms with E-state index in [1.54, 1.807) is 19.4 Å². The lowest BCUT2D eigenvalue weighted by atomic mass is 9.77. The average Bonchev–Trinajstić information content (AvgIpc) is 2.94. The molecule has 1 aromatic heterocycles. The summed E-state index contributed by atoms with van der Waals surface area (Å²) >= 11 is 0. The number of carboxylic acids is 1. The molecule has 21 heavy (non-hydrogen) atoms. The van der Waals surface area contributed by atoms with Crippen molar-refractivity contribution < 1.29 is 14.7 Å². The van der Waals surface area contributed by atoms with Crippen molar-refractivity contribution in [3.63, 3.8) is 0 Å². The predicted octanol–water partition coefficient (Wildman–Crippen LogP) is 1.58. The number of rotatable bonds is 4. The third-order valence-electron chi connectivity index (χ3n) is 4.20. The van der Waals surface area contributed by atoms with E-state index in [-0.39, 0.29) is 6.03 Å². The van der Waals surface area contributed by atoms with E-state index in [2.05, 4.69) is 22.4 Å². The highest BCUT2D eigenvalue weighted by Crippen LogP contribution is 2.32. The second kappa shape index (κ2) is 6.15. The van der Waals surface area contributed by atoms with Gasteiger partial charge in [-0.25, -0.2) is 9.59 Å². The van der Waals surface area contributed by atoms with Gasteiger partial charge in [0.15, 0.2) is 0 Å². The topological polar surface area (TPSA) is 98.3 Å². The minimum absolute atomic E-state index is 0.367. The molecule has 0 saturated heterocycles. The molecule has 1 aliphatic rings. The summed E-state index contributed by atoms with van der Waals surface area (Å²) in [5, 5.41) is 18.7. The summed E-state index contributed by atoms with van der Waals surface area (Å²) < 4.78 is 0. The van der Waals surface area contributed by atoms with Crippen LogP contribution in [0.4, 0.5) is 4.79 Å². The Balaban J connectivity index is 1.99. The molecule has 116 valence electrons. The molecule has 0 radical (unpaired) electrons. The molecule has 0 aliphatic heterocycles. The maximum Gasteiger partial charge on any atom is 0.329 e. The van der Waals surface area contributed by atoms with Gasteiger partial charge < -0.3 is 15.3 Å². The van der Waals surface area contributed by atoms with E-state index in [4.69, 9.17) is 0 Å². The number of carboxylic acid groups (broad SMARTS) is 1. The van der Waals surface area contributed by atoms with E-state index in [0.29, 0.717) is 25.3 Å². The lowest BCUT2D eigenvalue weighted by Gasteiger charge is -2.37. The zero-order valence-corrected chi connectivity index (χ0v) is 12.4. The van der Waals surface area contributed by atoms with E-state index in [0.717, 1.165) is 18.4 Å². The number of nitrogens with zero attached hydrogens (tertiary/aromatic N) is 2. The summed E-state index contributed by atoms with van der Waals surface area (Å²) in [4.78, 5) is 25.3. The van der Waals surface area contributed by atoms with Crippen LogP contribution in [0.25, 0.3) is 0 Å². The summed E-state index contributed by atoms with van der Waals surface area (Å²) in [6, 6.07) is -0.367. The average molecular weight is 294 g/mol. The normalized spacial score (nSPS) is 25.3. The van der Waals surface area contributed by atoms with Gasteiger partial charge in [-0.3, -0.25) is 5.10 Å². The smallest absolute Gasteiger partial charge is 0.329 e. The largest absolute Gasteiger partial charge is 0.480 e. The molecule has 0 bridgehead atoms. The number of hydrogen-bond acceptors (Lipinski definition) is 3. The van der Waals surface area contributed by atoms with E-state index < -0.39 is 11.5 Å². The Labute approximate surface area is 123 Å². The lowest BCUT2D eigenvalue weighted by molar-refractivity contribution is -0.146. The van der Waals surface area contributed by atoms with Crippen LogP contribution in [0, 0.1) is 5.92 Å². The van der Waals surface area contributed by atoms with Crippen LogP contribution < -0.4 is 5.32 Å². The van der Waals surface area contributed by atoms with Gasteiger partial charge in [-0.2, -0.15) is 5.10 Å². The van der Waals surface area contributed by atoms with Crippen LogP contribution >= 0.6 is 0 Å². The number of amides is 2. The molecule has 1 saturated carbocycles. The van der Waals surface area contributed by atoms with Crippen molar-refractivity contribution in [1.82, 2.24) is 20.4 Å². The Morgan fingerprint density at radius 3 is 2.71 bits per heavy atom. The predicted molar refractivity (Wildman–Crippen MR) is 76.6 cm³/mol. The van der Waals surface area contributed by atoms with Crippen LogP contribution in [0.5, 0.6) is 0 Å². The van der Waals surface area contributed by atoms with Crippen LogP contribution in [-0.2, 0) is 11.3 Å². The van der Waals surface area contributed by atoms with Crippen molar-refractivity contribution in [2.75, 3.05) is 7.05 Å². The number of aromatic amines is 1. The lowest BCUT2D eigenvalue weighted by Crippen LogP contribution is -2.58. The van der Waals surface area contributed by atoms with Crippen LogP contribution in [0.3, 0.4) is 0 Å². The molecule has 3 N–H and O–H groups in total. The van der Waals surface area contributed by atoms with E-state index in [9.17, 15) is 14.7 Å². The molecule has 2 amide bonds. The Morgan fingerprint density at radius 1 is 1.52 bits per heavy atom. The molecule has 1 aliphatic carbocycles. The second-order valence-electron chi connectivity index (χ2n) is 5.96. The quantitative estimate of drug-likeness (QED) is 0.785. The third-order valence-corrected chi connectivity index (χ3v) is 4.20. The standard InChI is InChI=1S/C14H22N4O3/c1-10-3-5-14(6-4-10,12(19)20)17-13(21)18(2)9-11-7-15-16-8-11/h7-8,10H,3-6,9H2,1-2H3,(H,15,16)(H,17,21)(H,19,20). The molecule has 1 fully saturated rings. The van der Waals surface area contributed by atoms with Crippen LogP contribution in [-0.4, -0.2) is 44.8 Å². The maximum atomic E-state index is 12.2. The van der Waals surface area contributed by atoms with Crippen molar-refractivity contribution in [3.05, 3.63) is 18.0 Å². The summed E-state index contributed by atoms with van der Waals surface area (Å²) in [5.41, 5.74) is -0.261. The van der Waals surface area contributed by atoms with Crippen molar-refractivity contribution in [3.8, 4) is 0 Å². The molecule has 0 spiro atoms. The van der Waals surface area contributed by atoms with Gasteiger partial charge in [0.2, 0.25) is 0 Å². The van der Waals surface area contributed by atoms with Crippen LogP contribution in [0.2, 0.25) is 0 Å². The summed E-state index contributed by atoms with van der Waals surface area (Å²) in [7, 11) is 1.64. The number of aliphatic carboxylic acids is 1. The molecule has 1 aromatic rings. The number of aromatic nitrogens is 2. The van der Waals surface area contributed by atoms with Gasteiger partial charge in [0, 0.05) is 18.8 Å². The van der Waals surface area contributed by atoms with E-state index >= 15 is 0 Å². The molecular formula is C14H22N4O3. The van der Waals surface area contributed by atoms with Crippen molar-refractivity contribution in [2.24, 2.45) is 5.92 Å². The van der Waals surface area contributed by atoms with Gasteiger partial charge >= 0.3 is 12.0 Å². The number of hydrogen-bond donors (Lipinski definition) is 3. The fourth-order valence-corrected chi connectivity index (χ4v) is 2.66. The SMILES string of the molecule is CC1CCC(NC(=O)N(C)Cc2cn[nH]c2)(C(=O)O)CC1. The summed E-state index contributed by atoms with van der Waals surface area (Å²) in [6.45, 7) is 2.49. The highest BCUT2D eigenvalue weighted by atomic mass is 16.4. The Kier molecular flexibility index (Phi) is 4.50. The van der Waals surface area contributed by atoms with Crippen molar-refractivity contribution in [1.29, 1.82) is 0 Å². The number of H-pyrrole nitrogens is 1. The molecule has 0 unspecified atom stereocenters. The van der Waals surface area contributed by atoms with Gasteiger partial charge in [-0.15, -0.1) is 0 Å². The summed E-state index contributed by atoms with van der Waals surface area (Å²) in [5.74, 6) is -0.433. The molecule has 0 atom stereocenters. The van der Waals surface area contributed by atoms with Gasteiger partial charge in [0.05, 0.1) is 12.7 Å². The van der Waals surface area contributed by atoms with E-state index in [1.165, 1.54) is 4.90 Å². The van der Waals surface area contributed by atoms with Crippen LogP contribution in [0.1, 0.15) is 38.2 Å². The number of carbonyl (C=O) groups excluding carboxylic acids is 1. The Bertz CT molecular complexity index is 492.